The van der Waals surface area contributed by atoms with Crippen LogP contribution in [-0.2, 0) is 4.79 Å². The zero-order valence-corrected chi connectivity index (χ0v) is 10.3. The van der Waals surface area contributed by atoms with Crippen LogP contribution in [0.25, 0.3) is 6.08 Å². The monoisotopic (exact) mass is 254 g/mol. The molecule has 0 radical (unpaired) electrons. The number of carboxylic acid groups (broad SMARTS) is 1. The van der Waals surface area contributed by atoms with Crippen LogP contribution in [0, 0.1) is 0 Å². The van der Waals surface area contributed by atoms with Crippen LogP contribution >= 0.6 is 0 Å². The second-order valence-electron chi connectivity index (χ2n) is 3.28. The predicted molar refractivity (Wildman–Crippen MR) is 64.3 cm³/mol. The Morgan fingerprint density at radius 3 is 1.94 bits per heavy atom. The van der Waals surface area contributed by atoms with Crippen molar-refractivity contribution in [3.05, 3.63) is 23.5 Å². The Bertz CT molecular complexity index is 478. The minimum absolute atomic E-state index is 0.362. The average molecular weight is 254 g/mol. The fourth-order valence-corrected chi connectivity index (χ4v) is 1.37. The lowest BCUT2D eigenvalue weighted by Crippen LogP contribution is -2.00. The van der Waals surface area contributed by atoms with Gasteiger partial charge in [0.05, 0.1) is 21.3 Å². The van der Waals surface area contributed by atoms with Gasteiger partial charge in [0.2, 0.25) is 5.76 Å². The van der Waals surface area contributed by atoms with Crippen LogP contribution in [0.2, 0.25) is 0 Å². The molecule has 0 saturated heterocycles. The molecule has 0 saturated carbocycles. The van der Waals surface area contributed by atoms with E-state index in [1.165, 1.54) is 27.4 Å². The van der Waals surface area contributed by atoms with Crippen LogP contribution in [0.1, 0.15) is 5.56 Å². The normalized spacial score (nSPS) is 10.9. The fraction of sp³-hybridized carbons (Fsp3) is 0.250. The second-order valence-corrected chi connectivity index (χ2v) is 3.28. The summed E-state index contributed by atoms with van der Waals surface area (Å²) < 4.78 is 15.2. The zero-order valence-electron chi connectivity index (χ0n) is 10.3. The molecule has 0 unspecified atom stereocenters. The maximum atomic E-state index is 10.6. The van der Waals surface area contributed by atoms with Crippen LogP contribution in [0.3, 0.4) is 0 Å². The lowest BCUT2D eigenvalue weighted by atomic mass is 10.1. The molecule has 0 aromatic heterocycles. The number of aliphatic carboxylic acids is 1. The summed E-state index contributed by atoms with van der Waals surface area (Å²) in [6.07, 6.45) is 1.07. The number of carbonyl (C=O) groups is 1. The van der Waals surface area contributed by atoms with E-state index in [2.05, 4.69) is 0 Å². The zero-order chi connectivity index (χ0) is 13.7. The summed E-state index contributed by atoms with van der Waals surface area (Å²) in [5.41, 5.74) is 0.370. The predicted octanol–water partition coefficient (Wildman–Crippen LogP) is 1.70. The highest BCUT2D eigenvalue weighted by Gasteiger charge is 2.12. The van der Waals surface area contributed by atoms with Gasteiger partial charge in [-0.1, -0.05) is 0 Å². The third-order valence-corrected chi connectivity index (χ3v) is 2.25. The maximum Gasteiger partial charge on any atom is 0.370 e. The maximum absolute atomic E-state index is 10.6. The molecule has 0 fully saturated rings. The van der Waals surface area contributed by atoms with E-state index in [1.807, 2.05) is 0 Å². The van der Waals surface area contributed by atoms with E-state index in [-0.39, 0.29) is 0 Å². The van der Waals surface area contributed by atoms with Gasteiger partial charge in [-0.3, -0.25) is 0 Å². The lowest BCUT2D eigenvalue weighted by molar-refractivity contribution is -0.135. The number of rotatable bonds is 5. The minimum atomic E-state index is -1.42. The molecule has 2 N–H and O–H groups in total. The van der Waals surface area contributed by atoms with Gasteiger partial charge in [-0.05, 0) is 12.1 Å². The van der Waals surface area contributed by atoms with Crippen LogP contribution in [-0.4, -0.2) is 37.5 Å². The van der Waals surface area contributed by atoms with E-state index >= 15 is 0 Å². The molecule has 0 aliphatic heterocycles. The topological polar surface area (TPSA) is 85.2 Å². The quantitative estimate of drug-likeness (QED) is 0.614. The average Bonchev–Trinajstić information content (AvgIpc) is 2.37. The Morgan fingerprint density at radius 1 is 1.00 bits per heavy atom. The molecule has 98 valence electrons. The van der Waals surface area contributed by atoms with Gasteiger partial charge in [0.15, 0.2) is 11.5 Å². The third-order valence-electron chi connectivity index (χ3n) is 2.25. The molecule has 0 heterocycles. The van der Waals surface area contributed by atoms with E-state index in [9.17, 15) is 9.90 Å². The van der Waals surface area contributed by atoms with Crippen molar-refractivity contribution in [2.24, 2.45) is 0 Å². The number of aliphatic hydroxyl groups excluding tert-OH is 1. The lowest BCUT2D eigenvalue weighted by Gasteiger charge is -2.12. The number of benzene rings is 1. The number of methoxy groups -OCH3 is 3. The highest BCUT2D eigenvalue weighted by atomic mass is 16.5. The van der Waals surface area contributed by atoms with Crippen LogP contribution in [0.4, 0.5) is 0 Å². The summed E-state index contributed by atoms with van der Waals surface area (Å²) >= 11 is 0. The van der Waals surface area contributed by atoms with Gasteiger partial charge in [0, 0.05) is 11.6 Å². The van der Waals surface area contributed by atoms with Crippen molar-refractivity contribution in [2.45, 2.75) is 0 Å². The number of hydrogen-bond donors (Lipinski definition) is 2. The van der Waals surface area contributed by atoms with Gasteiger partial charge in [-0.15, -0.1) is 0 Å². The SMILES string of the molecule is COc1cc(OC)c(OC)cc1/C=C(\O)C(=O)O. The molecule has 1 aromatic carbocycles. The summed E-state index contributed by atoms with van der Waals surface area (Å²) in [5.74, 6) is -1.00. The van der Waals surface area contributed by atoms with E-state index in [1.54, 1.807) is 6.07 Å². The first-order valence-corrected chi connectivity index (χ1v) is 4.97. The number of aliphatic hydroxyl groups is 1. The molecular weight excluding hydrogens is 240 g/mol. The molecule has 1 aromatic rings. The van der Waals surface area contributed by atoms with Crippen molar-refractivity contribution in [3.63, 3.8) is 0 Å². The summed E-state index contributed by atoms with van der Waals surface area (Å²) in [6, 6.07) is 3.05. The molecule has 0 aliphatic rings. The largest absolute Gasteiger partial charge is 0.502 e. The highest BCUT2D eigenvalue weighted by Crippen LogP contribution is 2.35. The van der Waals surface area contributed by atoms with Gasteiger partial charge in [0.1, 0.15) is 5.75 Å². The van der Waals surface area contributed by atoms with Crippen LogP contribution in [0.15, 0.2) is 17.9 Å². The first-order valence-electron chi connectivity index (χ1n) is 4.97. The van der Waals surface area contributed by atoms with Crippen molar-refractivity contribution in [1.82, 2.24) is 0 Å². The molecule has 18 heavy (non-hydrogen) atoms. The molecule has 0 aliphatic carbocycles. The van der Waals surface area contributed by atoms with Crippen molar-refractivity contribution in [2.75, 3.05) is 21.3 Å². The van der Waals surface area contributed by atoms with Crippen LogP contribution in [0.5, 0.6) is 17.2 Å². The van der Waals surface area contributed by atoms with E-state index in [0.29, 0.717) is 22.8 Å². The molecule has 0 bridgehead atoms. The van der Waals surface area contributed by atoms with Gasteiger partial charge in [0.25, 0.3) is 0 Å². The minimum Gasteiger partial charge on any atom is -0.502 e. The van der Waals surface area contributed by atoms with Crippen LogP contribution < -0.4 is 14.2 Å². The third kappa shape index (κ3) is 2.85. The smallest absolute Gasteiger partial charge is 0.370 e. The standard InChI is InChI=1S/C12H14O6/c1-16-9-6-11(18-3)10(17-2)5-7(9)4-8(13)12(14)15/h4-6,13H,1-3H3,(H,14,15)/b8-4-. The van der Waals surface area contributed by atoms with Gasteiger partial charge in [-0.2, -0.15) is 0 Å². The molecule has 0 amide bonds. The molecular formula is C12H14O6. The van der Waals surface area contributed by atoms with Crippen molar-refractivity contribution < 1.29 is 29.2 Å². The Morgan fingerprint density at radius 2 is 1.50 bits per heavy atom. The summed E-state index contributed by atoms with van der Waals surface area (Å²) in [7, 11) is 4.35. The molecule has 6 heteroatoms. The summed E-state index contributed by atoms with van der Waals surface area (Å²) in [4.78, 5) is 10.6. The molecule has 1 rings (SSSR count). The van der Waals surface area contributed by atoms with Crippen molar-refractivity contribution >= 4 is 12.0 Å². The first kappa shape index (κ1) is 13.7. The Kier molecular flexibility index (Phi) is 4.42. The number of hydrogen-bond acceptors (Lipinski definition) is 5. The molecule has 0 spiro atoms. The Balaban J connectivity index is 3.34. The Labute approximate surface area is 104 Å². The van der Waals surface area contributed by atoms with E-state index in [4.69, 9.17) is 19.3 Å². The first-order chi connectivity index (χ1) is 8.53. The number of carboxylic acids is 1. The van der Waals surface area contributed by atoms with Gasteiger partial charge < -0.3 is 24.4 Å². The second kappa shape index (κ2) is 5.81. The summed E-state index contributed by atoms with van der Waals surface area (Å²) in [5, 5.41) is 17.8. The Hall–Kier alpha value is -2.37. The van der Waals surface area contributed by atoms with Crippen molar-refractivity contribution in [1.29, 1.82) is 0 Å². The highest BCUT2D eigenvalue weighted by molar-refractivity contribution is 5.90. The van der Waals surface area contributed by atoms with Gasteiger partial charge >= 0.3 is 5.97 Å². The van der Waals surface area contributed by atoms with E-state index < -0.39 is 11.7 Å². The van der Waals surface area contributed by atoms with Crippen molar-refractivity contribution in [3.8, 4) is 17.2 Å². The van der Waals surface area contributed by atoms with E-state index in [0.717, 1.165) is 6.08 Å². The molecule has 0 atom stereocenters. The summed E-state index contributed by atoms with van der Waals surface area (Å²) in [6.45, 7) is 0. The number of ether oxygens (including phenoxy) is 3. The molecule has 6 nitrogen and oxygen atoms in total. The fourth-order valence-electron chi connectivity index (χ4n) is 1.37. The van der Waals surface area contributed by atoms with Gasteiger partial charge in [-0.25, -0.2) is 4.79 Å².